The van der Waals surface area contributed by atoms with Crippen molar-refractivity contribution in [2.45, 2.75) is 12.5 Å². The molecule has 1 aliphatic heterocycles. The summed E-state index contributed by atoms with van der Waals surface area (Å²) < 4.78 is 5.29. The summed E-state index contributed by atoms with van der Waals surface area (Å²) in [6.45, 7) is 1.71. The van der Waals surface area contributed by atoms with E-state index in [1.807, 2.05) is 18.2 Å². The molecule has 3 N–H and O–H groups in total. The standard InChI is InChI=1S/C13H18N2O3/c16-6-5-14-13(17)10-2-1-3-11(8-10)15-12-4-7-18-9-12/h1-3,8,12,15-16H,4-7,9H2,(H,14,17). The number of aliphatic hydroxyl groups excluding tert-OH is 1. The Hall–Kier alpha value is -1.59. The van der Waals surface area contributed by atoms with E-state index < -0.39 is 0 Å². The lowest BCUT2D eigenvalue weighted by atomic mass is 10.1. The fourth-order valence-corrected chi connectivity index (χ4v) is 1.91. The summed E-state index contributed by atoms with van der Waals surface area (Å²) in [4.78, 5) is 11.7. The molecular weight excluding hydrogens is 232 g/mol. The molecule has 0 aromatic heterocycles. The highest BCUT2D eigenvalue weighted by Gasteiger charge is 2.15. The molecule has 0 aliphatic carbocycles. The Balaban J connectivity index is 1.97. The molecule has 5 nitrogen and oxygen atoms in total. The van der Waals surface area contributed by atoms with E-state index in [9.17, 15) is 4.79 Å². The van der Waals surface area contributed by atoms with Crippen LogP contribution in [0.5, 0.6) is 0 Å². The number of hydrogen-bond acceptors (Lipinski definition) is 4. The molecule has 0 spiro atoms. The maximum absolute atomic E-state index is 11.7. The first-order valence-electron chi connectivity index (χ1n) is 6.13. The molecule has 18 heavy (non-hydrogen) atoms. The van der Waals surface area contributed by atoms with Crippen molar-refractivity contribution in [1.29, 1.82) is 0 Å². The van der Waals surface area contributed by atoms with Crippen molar-refractivity contribution < 1.29 is 14.6 Å². The Morgan fingerprint density at radius 1 is 1.50 bits per heavy atom. The third-order valence-electron chi connectivity index (χ3n) is 2.82. The molecule has 1 fully saturated rings. The van der Waals surface area contributed by atoms with Crippen molar-refractivity contribution >= 4 is 11.6 Å². The predicted octanol–water partition coefficient (Wildman–Crippen LogP) is 0.609. The van der Waals surface area contributed by atoms with Gasteiger partial charge in [0, 0.05) is 24.4 Å². The van der Waals surface area contributed by atoms with Crippen LogP contribution >= 0.6 is 0 Å². The van der Waals surface area contributed by atoms with Crippen LogP contribution in [0.4, 0.5) is 5.69 Å². The normalized spacial score (nSPS) is 18.6. The van der Waals surface area contributed by atoms with Gasteiger partial charge >= 0.3 is 0 Å². The molecule has 0 bridgehead atoms. The largest absolute Gasteiger partial charge is 0.395 e. The number of rotatable bonds is 5. The van der Waals surface area contributed by atoms with Crippen LogP contribution in [0.2, 0.25) is 0 Å². The number of anilines is 1. The van der Waals surface area contributed by atoms with Crippen molar-refractivity contribution in [2.75, 3.05) is 31.7 Å². The zero-order valence-corrected chi connectivity index (χ0v) is 10.2. The molecule has 1 atom stereocenters. The summed E-state index contributed by atoms with van der Waals surface area (Å²) in [5.74, 6) is -0.171. The summed E-state index contributed by atoms with van der Waals surface area (Å²) in [6, 6.07) is 7.65. The predicted molar refractivity (Wildman–Crippen MR) is 68.7 cm³/mol. The summed E-state index contributed by atoms with van der Waals surface area (Å²) >= 11 is 0. The number of benzene rings is 1. The van der Waals surface area contributed by atoms with Gasteiger partial charge in [-0.05, 0) is 24.6 Å². The topological polar surface area (TPSA) is 70.6 Å². The van der Waals surface area contributed by atoms with Crippen LogP contribution in [0.3, 0.4) is 0 Å². The zero-order valence-electron chi connectivity index (χ0n) is 10.2. The molecular formula is C13H18N2O3. The molecule has 0 radical (unpaired) electrons. The highest BCUT2D eigenvalue weighted by molar-refractivity contribution is 5.95. The van der Waals surface area contributed by atoms with Crippen molar-refractivity contribution in [3.05, 3.63) is 29.8 Å². The third-order valence-corrected chi connectivity index (χ3v) is 2.82. The van der Waals surface area contributed by atoms with Crippen LogP contribution in [0.15, 0.2) is 24.3 Å². The van der Waals surface area contributed by atoms with Gasteiger partial charge in [0.15, 0.2) is 0 Å². The van der Waals surface area contributed by atoms with Crippen LogP contribution in [-0.2, 0) is 4.74 Å². The van der Waals surface area contributed by atoms with Crippen LogP contribution < -0.4 is 10.6 Å². The first kappa shape index (κ1) is 12.9. The first-order valence-corrected chi connectivity index (χ1v) is 6.13. The van der Waals surface area contributed by atoms with E-state index in [0.717, 1.165) is 18.7 Å². The van der Waals surface area contributed by atoms with E-state index in [4.69, 9.17) is 9.84 Å². The lowest BCUT2D eigenvalue weighted by Crippen LogP contribution is -2.26. The smallest absolute Gasteiger partial charge is 0.251 e. The Kier molecular flexibility index (Phi) is 4.55. The number of carbonyl (C=O) groups excluding carboxylic acids is 1. The van der Waals surface area contributed by atoms with Gasteiger partial charge in [-0.15, -0.1) is 0 Å². The number of amides is 1. The minimum atomic E-state index is -0.171. The van der Waals surface area contributed by atoms with Gasteiger partial charge in [0.1, 0.15) is 0 Å². The number of nitrogens with one attached hydrogen (secondary N) is 2. The third kappa shape index (κ3) is 3.45. The number of aliphatic hydroxyl groups is 1. The molecule has 98 valence electrons. The number of ether oxygens (including phenoxy) is 1. The molecule has 1 unspecified atom stereocenters. The second kappa shape index (κ2) is 6.37. The second-order valence-corrected chi connectivity index (χ2v) is 4.27. The SMILES string of the molecule is O=C(NCCO)c1cccc(NC2CCOC2)c1. The van der Waals surface area contributed by atoms with Gasteiger partial charge in [-0.2, -0.15) is 0 Å². The molecule has 1 aromatic rings. The van der Waals surface area contributed by atoms with Gasteiger partial charge in [-0.1, -0.05) is 6.07 Å². The van der Waals surface area contributed by atoms with Gasteiger partial charge in [-0.25, -0.2) is 0 Å². The van der Waals surface area contributed by atoms with Crippen LogP contribution in [0, 0.1) is 0 Å². The zero-order chi connectivity index (χ0) is 12.8. The van der Waals surface area contributed by atoms with E-state index in [2.05, 4.69) is 10.6 Å². The fraction of sp³-hybridized carbons (Fsp3) is 0.462. The van der Waals surface area contributed by atoms with Gasteiger partial charge in [-0.3, -0.25) is 4.79 Å². The molecule has 1 aromatic carbocycles. The van der Waals surface area contributed by atoms with Crippen molar-refractivity contribution in [2.24, 2.45) is 0 Å². The molecule has 1 heterocycles. The van der Waals surface area contributed by atoms with Crippen molar-refractivity contribution in [3.63, 3.8) is 0 Å². The monoisotopic (exact) mass is 250 g/mol. The van der Waals surface area contributed by atoms with Crippen LogP contribution in [-0.4, -0.2) is 43.4 Å². The quantitative estimate of drug-likeness (QED) is 0.716. The molecule has 0 saturated carbocycles. The number of carbonyl (C=O) groups is 1. The lowest BCUT2D eigenvalue weighted by molar-refractivity contribution is 0.0945. The van der Waals surface area contributed by atoms with E-state index in [1.165, 1.54) is 0 Å². The summed E-state index contributed by atoms with van der Waals surface area (Å²) in [5, 5.41) is 14.6. The van der Waals surface area contributed by atoms with Crippen LogP contribution in [0.25, 0.3) is 0 Å². The Labute approximate surface area is 106 Å². The van der Waals surface area contributed by atoms with Gasteiger partial charge in [0.2, 0.25) is 0 Å². The Bertz CT molecular complexity index is 403. The van der Waals surface area contributed by atoms with Crippen molar-refractivity contribution in [3.8, 4) is 0 Å². The molecule has 5 heteroatoms. The van der Waals surface area contributed by atoms with Gasteiger partial charge < -0.3 is 20.5 Å². The average molecular weight is 250 g/mol. The average Bonchev–Trinajstić information content (AvgIpc) is 2.89. The Morgan fingerprint density at radius 3 is 3.11 bits per heavy atom. The van der Waals surface area contributed by atoms with Gasteiger partial charge in [0.25, 0.3) is 5.91 Å². The Morgan fingerprint density at radius 2 is 2.39 bits per heavy atom. The van der Waals surface area contributed by atoms with E-state index in [-0.39, 0.29) is 19.1 Å². The second-order valence-electron chi connectivity index (χ2n) is 4.27. The highest BCUT2D eigenvalue weighted by atomic mass is 16.5. The first-order chi connectivity index (χ1) is 8.79. The molecule has 1 aliphatic rings. The fourth-order valence-electron chi connectivity index (χ4n) is 1.91. The minimum absolute atomic E-state index is 0.0525. The van der Waals surface area contributed by atoms with E-state index >= 15 is 0 Å². The maximum Gasteiger partial charge on any atom is 0.251 e. The van der Waals surface area contributed by atoms with Gasteiger partial charge in [0.05, 0.1) is 19.3 Å². The molecule has 1 amide bonds. The summed E-state index contributed by atoms with van der Waals surface area (Å²) in [6.07, 6.45) is 0.987. The highest BCUT2D eigenvalue weighted by Crippen LogP contribution is 2.15. The van der Waals surface area contributed by atoms with Crippen LogP contribution in [0.1, 0.15) is 16.8 Å². The molecule has 1 saturated heterocycles. The summed E-state index contributed by atoms with van der Waals surface area (Å²) in [7, 11) is 0. The number of hydrogen-bond donors (Lipinski definition) is 3. The lowest BCUT2D eigenvalue weighted by Gasteiger charge is -2.13. The summed E-state index contributed by atoms with van der Waals surface area (Å²) in [5.41, 5.74) is 1.51. The van der Waals surface area contributed by atoms with Crippen molar-refractivity contribution in [1.82, 2.24) is 5.32 Å². The van der Waals surface area contributed by atoms with E-state index in [1.54, 1.807) is 6.07 Å². The van der Waals surface area contributed by atoms with E-state index in [0.29, 0.717) is 18.2 Å². The minimum Gasteiger partial charge on any atom is -0.395 e. The molecule has 2 rings (SSSR count). The maximum atomic E-state index is 11.7.